The minimum Gasteiger partial charge on any atom is -0.383 e. The number of guanidine groups is 1. The fourth-order valence-electron chi connectivity index (χ4n) is 1.65. The Morgan fingerprint density at radius 1 is 1.24 bits per heavy atom. The van der Waals surface area contributed by atoms with Gasteiger partial charge in [0.2, 0.25) is 0 Å². The van der Waals surface area contributed by atoms with Crippen molar-refractivity contribution in [3.8, 4) is 0 Å². The second-order valence-corrected chi connectivity index (χ2v) is 4.60. The van der Waals surface area contributed by atoms with E-state index in [0.29, 0.717) is 19.1 Å². The van der Waals surface area contributed by atoms with Gasteiger partial charge in [0.25, 0.3) is 0 Å². The molecule has 0 aliphatic rings. The Hall–Kier alpha value is -1.02. The third-order valence-electron chi connectivity index (χ3n) is 2.86. The van der Waals surface area contributed by atoms with E-state index in [-0.39, 0.29) is 24.0 Å². The summed E-state index contributed by atoms with van der Waals surface area (Å²) in [7, 11) is 1.70. The van der Waals surface area contributed by atoms with Crippen LogP contribution in [0, 0.1) is 0 Å². The molecule has 0 bridgehead atoms. The average Bonchev–Trinajstić information content (AvgIpc) is 2.47. The zero-order chi connectivity index (χ0) is 14.6. The second-order valence-electron chi connectivity index (χ2n) is 4.60. The maximum atomic E-state index is 5.79. The fraction of sp³-hybridized carbons (Fsp3) is 0.533. The van der Waals surface area contributed by atoms with Crippen LogP contribution in [0.2, 0.25) is 0 Å². The van der Waals surface area contributed by atoms with Crippen LogP contribution >= 0.6 is 24.0 Å². The molecule has 0 aromatic heterocycles. The Morgan fingerprint density at radius 2 is 1.95 bits per heavy atom. The molecule has 4 N–H and O–H groups in total. The monoisotopic (exact) mass is 406 g/mol. The van der Waals surface area contributed by atoms with Gasteiger partial charge < -0.3 is 21.1 Å². The molecular formula is C15H27IN4O. The van der Waals surface area contributed by atoms with Crippen molar-refractivity contribution in [1.82, 2.24) is 5.32 Å². The van der Waals surface area contributed by atoms with E-state index in [1.54, 1.807) is 7.11 Å². The van der Waals surface area contributed by atoms with Crippen molar-refractivity contribution in [2.45, 2.75) is 26.3 Å². The van der Waals surface area contributed by atoms with E-state index in [4.69, 9.17) is 10.5 Å². The second kappa shape index (κ2) is 12.7. The van der Waals surface area contributed by atoms with E-state index in [9.17, 15) is 0 Å². The Kier molecular flexibility index (Phi) is 12.1. The fourth-order valence-corrected chi connectivity index (χ4v) is 1.65. The predicted octanol–water partition coefficient (Wildman–Crippen LogP) is 2.57. The van der Waals surface area contributed by atoms with Crippen LogP contribution in [-0.4, -0.2) is 32.8 Å². The van der Waals surface area contributed by atoms with Crippen molar-refractivity contribution in [3.63, 3.8) is 0 Å². The van der Waals surface area contributed by atoms with Crippen LogP contribution in [0.3, 0.4) is 0 Å². The SMILES string of the molecule is CCCCNC(N)=NCc1ccc(NCCOC)cc1.I. The van der Waals surface area contributed by atoms with E-state index in [1.807, 2.05) is 12.1 Å². The number of aliphatic imine (C=N–C) groups is 1. The first kappa shape index (κ1) is 20.0. The number of ether oxygens (including phenoxy) is 1. The summed E-state index contributed by atoms with van der Waals surface area (Å²) in [4.78, 5) is 4.31. The van der Waals surface area contributed by atoms with Gasteiger partial charge >= 0.3 is 0 Å². The number of rotatable bonds is 9. The molecule has 0 unspecified atom stereocenters. The molecule has 0 heterocycles. The lowest BCUT2D eigenvalue weighted by atomic mass is 10.2. The third kappa shape index (κ3) is 9.52. The number of nitrogens with zero attached hydrogens (tertiary/aromatic N) is 1. The number of unbranched alkanes of at least 4 members (excludes halogenated alkanes) is 1. The van der Waals surface area contributed by atoms with Crippen LogP contribution in [0.5, 0.6) is 0 Å². The lowest BCUT2D eigenvalue weighted by Gasteiger charge is -2.07. The molecule has 21 heavy (non-hydrogen) atoms. The van der Waals surface area contributed by atoms with Gasteiger partial charge in [0.05, 0.1) is 13.2 Å². The zero-order valence-corrected chi connectivity index (χ0v) is 15.2. The van der Waals surface area contributed by atoms with Gasteiger partial charge in [-0.2, -0.15) is 0 Å². The number of benzene rings is 1. The van der Waals surface area contributed by atoms with Crippen molar-refractivity contribution in [1.29, 1.82) is 0 Å². The van der Waals surface area contributed by atoms with Gasteiger partial charge in [0, 0.05) is 25.9 Å². The van der Waals surface area contributed by atoms with Crippen molar-refractivity contribution in [3.05, 3.63) is 29.8 Å². The summed E-state index contributed by atoms with van der Waals surface area (Å²) in [5.74, 6) is 0.515. The first-order chi connectivity index (χ1) is 9.76. The molecule has 0 fully saturated rings. The molecule has 6 heteroatoms. The number of methoxy groups -OCH3 is 1. The van der Waals surface area contributed by atoms with Crippen molar-refractivity contribution in [2.75, 3.05) is 32.1 Å². The first-order valence-corrected chi connectivity index (χ1v) is 7.11. The highest BCUT2D eigenvalue weighted by atomic mass is 127. The van der Waals surface area contributed by atoms with Gasteiger partial charge in [0.1, 0.15) is 0 Å². The quantitative estimate of drug-likeness (QED) is 0.255. The number of nitrogens with one attached hydrogen (secondary N) is 2. The summed E-state index contributed by atoms with van der Waals surface area (Å²) in [6, 6.07) is 8.19. The molecule has 0 aliphatic carbocycles. The van der Waals surface area contributed by atoms with Gasteiger partial charge in [0.15, 0.2) is 5.96 Å². The normalized spacial score (nSPS) is 10.9. The average molecular weight is 406 g/mol. The van der Waals surface area contributed by atoms with E-state index >= 15 is 0 Å². The molecule has 0 radical (unpaired) electrons. The number of hydrogen-bond donors (Lipinski definition) is 3. The molecule has 1 aromatic rings. The van der Waals surface area contributed by atoms with E-state index in [1.165, 1.54) is 0 Å². The molecule has 120 valence electrons. The maximum absolute atomic E-state index is 5.79. The van der Waals surface area contributed by atoms with Gasteiger partial charge in [-0.3, -0.25) is 0 Å². The maximum Gasteiger partial charge on any atom is 0.188 e. The first-order valence-electron chi connectivity index (χ1n) is 7.11. The number of nitrogens with two attached hydrogens (primary N) is 1. The van der Waals surface area contributed by atoms with Crippen LogP contribution in [0.25, 0.3) is 0 Å². The molecule has 0 saturated carbocycles. The molecule has 0 aliphatic heterocycles. The van der Waals surface area contributed by atoms with Crippen molar-refractivity contribution < 1.29 is 4.74 Å². The summed E-state index contributed by atoms with van der Waals surface area (Å²) in [6.45, 7) is 5.14. The largest absolute Gasteiger partial charge is 0.383 e. The van der Waals surface area contributed by atoms with Crippen LogP contribution in [0.1, 0.15) is 25.3 Å². The van der Waals surface area contributed by atoms with E-state index in [2.05, 4.69) is 34.7 Å². The topological polar surface area (TPSA) is 71.7 Å². The summed E-state index contributed by atoms with van der Waals surface area (Å²) < 4.78 is 4.99. The van der Waals surface area contributed by atoms with Crippen LogP contribution in [-0.2, 0) is 11.3 Å². The number of hydrogen-bond acceptors (Lipinski definition) is 3. The highest BCUT2D eigenvalue weighted by molar-refractivity contribution is 14.0. The summed E-state index contributed by atoms with van der Waals surface area (Å²) >= 11 is 0. The molecule has 5 nitrogen and oxygen atoms in total. The minimum atomic E-state index is 0. The summed E-state index contributed by atoms with van der Waals surface area (Å²) in [6.07, 6.45) is 2.26. The Morgan fingerprint density at radius 3 is 2.57 bits per heavy atom. The van der Waals surface area contributed by atoms with Crippen molar-refractivity contribution in [2.24, 2.45) is 10.7 Å². The van der Waals surface area contributed by atoms with Gasteiger partial charge in [-0.05, 0) is 24.1 Å². The molecular weight excluding hydrogens is 379 g/mol. The van der Waals surface area contributed by atoms with Gasteiger partial charge in [-0.1, -0.05) is 25.5 Å². The Labute approximate surface area is 144 Å². The standard InChI is InChI=1S/C15H26N4O.HI/c1-3-4-9-18-15(16)19-12-13-5-7-14(8-6-13)17-10-11-20-2;/h5-8,17H,3-4,9-12H2,1-2H3,(H3,16,18,19);1H. The summed E-state index contributed by atoms with van der Waals surface area (Å²) in [5, 5.41) is 6.38. The smallest absolute Gasteiger partial charge is 0.188 e. The summed E-state index contributed by atoms with van der Waals surface area (Å²) in [5.41, 5.74) is 8.01. The van der Waals surface area contributed by atoms with Gasteiger partial charge in [-0.25, -0.2) is 4.99 Å². The molecule has 0 spiro atoms. The third-order valence-corrected chi connectivity index (χ3v) is 2.86. The Bertz CT molecular complexity index is 395. The molecule has 0 atom stereocenters. The van der Waals surface area contributed by atoms with Crippen LogP contribution < -0.4 is 16.4 Å². The van der Waals surface area contributed by atoms with E-state index in [0.717, 1.165) is 37.2 Å². The lowest BCUT2D eigenvalue weighted by Crippen LogP contribution is -2.32. The van der Waals surface area contributed by atoms with Gasteiger partial charge in [-0.15, -0.1) is 24.0 Å². The molecule has 1 aromatic carbocycles. The highest BCUT2D eigenvalue weighted by Gasteiger charge is 1.95. The lowest BCUT2D eigenvalue weighted by molar-refractivity contribution is 0.211. The molecule has 1 rings (SSSR count). The number of anilines is 1. The molecule has 0 saturated heterocycles. The zero-order valence-electron chi connectivity index (χ0n) is 12.9. The van der Waals surface area contributed by atoms with Crippen LogP contribution in [0.4, 0.5) is 5.69 Å². The minimum absolute atomic E-state index is 0. The number of halogens is 1. The molecule has 0 amide bonds. The van der Waals surface area contributed by atoms with Crippen molar-refractivity contribution >= 4 is 35.6 Å². The predicted molar refractivity (Wildman–Crippen MR) is 100 cm³/mol. The van der Waals surface area contributed by atoms with Crippen LogP contribution in [0.15, 0.2) is 29.3 Å². The van der Waals surface area contributed by atoms with E-state index < -0.39 is 0 Å². The highest BCUT2D eigenvalue weighted by Crippen LogP contribution is 2.09. The Balaban J connectivity index is 0.00000400.